The molecule has 0 aromatic rings. The third-order valence-corrected chi connectivity index (χ3v) is 2.67. The van der Waals surface area contributed by atoms with Crippen molar-refractivity contribution in [1.82, 2.24) is 0 Å². The van der Waals surface area contributed by atoms with Crippen LogP contribution < -0.4 is 0 Å². The van der Waals surface area contributed by atoms with E-state index in [4.69, 9.17) is 9.47 Å². The number of aliphatic hydroxyl groups is 1. The maximum Gasteiger partial charge on any atom is 0.106 e. The molecule has 2 unspecified atom stereocenters. The van der Waals surface area contributed by atoms with Crippen LogP contribution in [0.4, 0.5) is 0 Å². The fourth-order valence-corrected chi connectivity index (χ4v) is 1.64. The first-order valence-corrected chi connectivity index (χ1v) is 5.96. The maximum atomic E-state index is 9.79. The molecule has 0 aromatic heterocycles. The van der Waals surface area contributed by atoms with Gasteiger partial charge in [0.2, 0.25) is 0 Å². The molecule has 92 valence electrons. The SMILES string of the molecule is CCCCCCCC(O)C(COC)OC. The van der Waals surface area contributed by atoms with E-state index < -0.39 is 6.10 Å². The highest BCUT2D eigenvalue weighted by Gasteiger charge is 2.17. The maximum absolute atomic E-state index is 9.79. The van der Waals surface area contributed by atoms with Gasteiger partial charge in [-0.1, -0.05) is 39.0 Å². The molecule has 0 rings (SSSR count). The second-order valence-electron chi connectivity index (χ2n) is 4.00. The van der Waals surface area contributed by atoms with Gasteiger partial charge in [0.15, 0.2) is 0 Å². The van der Waals surface area contributed by atoms with Gasteiger partial charge in [-0.3, -0.25) is 0 Å². The van der Waals surface area contributed by atoms with Crippen LogP contribution in [0.15, 0.2) is 0 Å². The summed E-state index contributed by atoms with van der Waals surface area (Å²) in [6.07, 6.45) is 6.34. The van der Waals surface area contributed by atoms with Gasteiger partial charge in [0.05, 0.1) is 12.7 Å². The van der Waals surface area contributed by atoms with Crippen LogP contribution in [0.3, 0.4) is 0 Å². The number of rotatable bonds is 10. The van der Waals surface area contributed by atoms with Crippen molar-refractivity contribution in [3.8, 4) is 0 Å². The lowest BCUT2D eigenvalue weighted by Gasteiger charge is -2.20. The lowest BCUT2D eigenvalue weighted by molar-refractivity contribution is -0.0541. The second kappa shape index (κ2) is 10.4. The van der Waals surface area contributed by atoms with E-state index in [1.807, 2.05) is 0 Å². The monoisotopic (exact) mass is 218 g/mol. The summed E-state index contributed by atoms with van der Waals surface area (Å²) >= 11 is 0. The van der Waals surface area contributed by atoms with E-state index in [2.05, 4.69) is 6.92 Å². The van der Waals surface area contributed by atoms with Gasteiger partial charge in [-0.25, -0.2) is 0 Å². The third-order valence-electron chi connectivity index (χ3n) is 2.67. The van der Waals surface area contributed by atoms with Crippen LogP contribution in [0.1, 0.15) is 45.4 Å². The Morgan fingerprint density at radius 3 is 2.27 bits per heavy atom. The van der Waals surface area contributed by atoms with E-state index in [1.165, 1.54) is 25.7 Å². The minimum absolute atomic E-state index is 0.179. The highest BCUT2D eigenvalue weighted by molar-refractivity contribution is 4.68. The zero-order valence-electron chi connectivity index (χ0n) is 10.4. The van der Waals surface area contributed by atoms with E-state index >= 15 is 0 Å². The molecule has 0 aliphatic rings. The Bertz CT molecular complexity index is 128. The smallest absolute Gasteiger partial charge is 0.106 e. The molecule has 0 saturated carbocycles. The van der Waals surface area contributed by atoms with Crippen molar-refractivity contribution in [2.24, 2.45) is 0 Å². The van der Waals surface area contributed by atoms with Crippen molar-refractivity contribution in [3.05, 3.63) is 0 Å². The van der Waals surface area contributed by atoms with Gasteiger partial charge in [0, 0.05) is 14.2 Å². The average Bonchev–Trinajstić information content (AvgIpc) is 2.25. The van der Waals surface area contributed by atoms with Crippen LogP contribution in [0.2, 0.25) is 0 Å². The average molecular weight is 218 g/mol. The summed E-state index contributed by atoms with van der Waals surface area (Å²) in [6.45, 7) is 2.67. The summed E-state index contributed by atoms with van der Waals surface area (Å²) in [4.78, 5) is 0. The lowest BCUT2D eigenvalue weighted by atomic mass is 10.0. The van der Waals surface area contributed by atoms with Gasteiger partial charge in [-0.15, -0.1) is 0 Å². The second-order valence-corrected chi connectivity index (χ2v) is 4.00. The largest absolute Gasteiger partial charge is 0.390 e. The van der Waals surface area contributed by atoms with Crippen LogP contribution in [-0.4, -0.2) is 38.1 Å². The Morgan fingerprint density at radius 2 is 1.73 bits per heavy atom. The fraction of sp³-hybridized carbons (Fsp3) is 1.00. The zero-order chi connectivity index (χ0) is 11.5. The van der Waals surface area contributed by atoms with E-state index in [9.17, 15) is 5.11 Å². The number of hydrogen-bond acceptors (Lipinski definition) is 3. The molecule has 0 fully saturated rings. The van der Waals surface area contributed by atoms with Crippen LogP contribution in [-0.2, 0) is 9.47 Å². The van der Waals surface area contributed by atoms with Crippen molar-refractivity contribution in [2.45, 2.75) is 57.7 Å². The van der Waals surface area contributed by atoms with Gasteiger partial charge in [-0.2, -0.15) is 0 Å². The van der Waals surface area contributed by atoms with Gasteiger partial charge < -0.3 is 14.6 Å². The predicted octanol–water partition coefficient (Wildman–Crippen LogP) is 2.37. The van der Waals surface area contributed by atoms with Gasteiger partial charge in [-0.05, 0) is 6.42 Å². The first kappa shape index (κ1) is 14.9. The van der Waals surface area contributed by atoms with Crippen LogP contribution in [0, 0.1) is 0 Å². The fourth-order valence-electron chi connectivity index (χ4n) is 1.64. The molecule has 0 aliphatic carbocycles. The summed E-state index contributed by atoms with van der Waals surface area (Å²) < 4.78 is 10.1. The summed E-state index contributed by atoms with van der Waals surface area (Å²) in [5, 5.41) is 9.79. The van der Waals surface area contributed by atoms with E-state index in [1.54, 1.807) is 14.2 Å². The Balaban J connectivity index is 3.48. The highest BCUT2D eigenvalue weighted by atomic mass is 16.5. The molecule has 0 aromatic carbocycles. The Hall–Kier alpha value is -0.120. The Labute approximate surface area is 93.8 Å². The number of unbranched alkanes of at least 4 members (excludes halogenated alkanes) is 4. The van der Waals surface area contributed by atoms with Crippen LogP contribution in [0.25, 0.3) is 0 Å². The highest BCUT2D eigenvalue weighted by Crippen LogP contribution is 2.11. The third kappa shape index (κ3) is 7.77. The first-order valence-electron chi connectivity index (χ1n) is 5.96. The molecule has 1 N–H and O–H groups in total. The minimum atomic E-state index is -0.392. The van der Waals surface area contributed by atoms with Crippen molar-refractivity contribution < 1.29 is 14.6 Å². The topological polar surface area (TPSA) is 38.7 Å². The van der Waals surface area contributed by atoms with Crippen molar-refractivity contribution in [2.75, 3.05) is 20.8 Å². The minimum Gasteiger partial charge on any atom is -0.390 e. The molecule has 3 nitrogen and oxygen atoms in total. The van der Waals surface area contributed by atoms with Crippen molar-refractivity contribution in [1.29, 1.82) is 0 Å². The molecule has 3 heteroatoms. The zero-order valence-corrected chi connectivity index (χ0v) is 10.4. The van der Waals surface area contributed by atoms with Crippen LogP contribution >= 0.6 is 0 Å². The number of aliphatic hydroxyl groups excluding tert-OH is 1. The van der Waals surface area contributed by atoms with Crippen molar-refractivity contribution in [3.63, 3.8) is 0 Å². The van der Waals surface area contributed by atoms with Crippen LogP contribution in [0.5, 0.6) is 0 Å². The van der Waals surface area contributed by atoms with Gasteiger partial charge in [0.1, 0.15) is 6.10 Å². The summed E-state index contributed by atoms with van der Waals surface area (Å²) in [5.41, 5.74) is 0. The molecular weight excluding hydrogens is 192 g/mol. The standard InChI is InChI=1S/C12H26O3/c1-4-5-6-7-8-9-11(13)12(15-3)10-14-2/h11-13H,4-10H2,1-3H3. The Morgan fingerprint density at radius 1 is 1.07 bits per heavy atom. The molecule has 0 amide bonds. The summed E-state index contributed by atoms with van der Waals surface area (Å²) in [7, 11) is 3.24. The molecule has 0 aliphatic heterocycles. The number of hydrogen-bond donors (Lipinski definition) is 1. The molecule has 0 heterocycles. The lowest BCUT2D eigenvalue weighted by Crippen LogP contribution is -2.32. The van der Waals surface area contributed by atoms with E-state index in [0.29, 0.717) is 6.61 Å². The van der Waals surface area contributed by atoms with Gasteiger partial charge >= 0.3 is 0 Å². The molecule has 0 spiro atoms. The Kier molecular flexibility index (Phi) is 10.3. The predicted molar refractivity (Wildman–Crippen MR) is 62.1 cm³/mol. The summed E-state index contributed by atoms with van der Waals surface area (Å²) in [5.74, 6) is 0. The van der Waals surface area contributed by atoms with E-state index in [-0.39, 0.29) is 6.10 Å². The quantitative estimate of drug-likeness (QED) is 0.572. The molecule has 0 bridgehead atoms. The first-order chi connectivity index (χ1) is 7.26. The van der Waals surface area contributed by atoms with Gasteiger partial charge in [0.25, 0.3) is 0 Å². The molecule has 0 saturated heterocycles. The number of methoxy groups -OCH3 is 2. The molecule has 0 radical (unpaired) electrons. The molecule has 2 atom stereocenters. The van der Waals surface area contributed by atoms with Crippen molar-refractivity contribution >= 4 is 0 Å². The molecular formula is C12H26O3. The molecule has 15 heavy (non-hydrogen) atoms. The van der Waals surface area contributed by atoms with E-state index in [0.717, 1.165) is 12.8 Å². The summed E-state index contributed by atoms with van der Waals surface area (Å²) in [6, 6.07) is 0. The number of ether oxygens (including phenoxy) is 2. The normalized spacial score (nSPS) is 15.2.